The van der Waals surface area contributed by atoms with Gasteiger partial charge >= 0.3 is 5.97 Å². The molecule has 0 amide bonds. The monoisotopic (exact) mass is 258 g/mol. The molecule has 2 aromatic rings. The molecule has 0 unspecified atom stereocenters. The largest absolute Gasteiger partial charge is 0.444 e. The average Bonchev–Trinajstić information content (AvgIpc) is 2.74. The third-order valence-corrected chi connectivity index (χ3v) is 3.65. The third-order valence-electron chi connectivity index (χ3n) is 3.28. The van der Waals surface area contributed by atoms with Crippen molar-refractivity contribution in [3.05, 3.63) is 71.3 Å². The molecular weight excluding hydrogens is 248 g/mol. The smallest absolute Gasteiger partial charge is 0.339 e. The SMILES string of the molecule is O=C1O[C@](CCl)(c2ccccc2)c2ccccc21. The first-order valence-corrected chi connectivity index (χ1v) is 6.26. The topological polar surface area (TPSA) is 26.3 Å². The second kappa shape index (κ2) is 4.14. The fraction of sp³-hybridized carbons (Fsp3) is 0.133. The number of alkyl halides is 1. The number of halogens is 1. The molecule has 0 saturated heterocycles. The second-order valence-corrected chi connectivity index (χ2v) is 4.53. The van der Waals surface area contributed by atoms with Gasteiger partial charge in [0.05, 0.1) is 11.4 Å². The van der Waals surface area contributed by atoms with Crippen molar-refractivity contribution in [2.24, 2.45) is 0 Å². The van der Waals surface area contributed by atoms with Crippen LogP contribution in [0.5, 0.6) is 0 Å². The van der Waals surface area contributed by atoms with Gasteiger partial charge in [0, 0.05) is 11.1 Å². The molecule has 0 N–H and O–H groups in total. The quantitative estimate of drug-likeness (QED) is 0.610. The van der Waals surface area contributed by atoms with Crippen LogP contribution in [-0.2, 0) is 10.3 Å². The highest BCUT2D eigenvalue weighted by atomic mass is 35.5. The first-order chi connectivity index (χ1) is 8.78. The Bertz CT molecular complexity index is 594. The summed E-state index contributed by atoms with van der Waals surface area (Å²) in [4.78, 5) is 11.9. The summed E-state index contributed by atoms with van der Waals surface area (Å²) in [5, 5.41) is 0. The lowest BCUT2D eigenvalue weighted by Gasteiger charge is -2.26. The number of rotatable bonds is 2. The molecule has 0 saturated carbocycles. The molecule has 18 heavy (non-hydrogen) atoms. The number of benzene rings is 2. The van der Waals surface area contributed by atoms with Gasteiger partial charge in [-0.3, -0.25) is 0 Å². The second-order valence-electron chi connectivity index (χ2n) is 4.26. The molecule has 0 bridgehead atoms. The number of carbonyl (C=O) groups excluding carboxylic acids is 1. The lowest BCUT2D eigenvalue weighted by atomic mass is 9.87. The minimum Gasteiger partial charge on any atom is -0.444 e. The Labute approximate surface area is 110 Å². The first-order valence-electron chi connectivity index (χ1n) is 5.72. The standard InChI is InChI=1S/C15H11ClO2/c16-10-15(11-6-2-1-3-7-11)13-9-5-4-8-12(13)14(17)18-15/h1-9H,10H2/t15-/m1/s1. The molecule has 3 heteroatoms. The molecule has 3 rings (SSSR count). The van der Waals surface area contributed by atoms with Gasteiger partial charge in [0.2, 0.25) is 0 Å². The number of fused-ring (bicyclic) bond motifs is 1. The summed E-state index contributed by atoms with van der Waals surface area (Å²) in [6, 6.07) is 17.0. The van der Waals surface area contributed by atoms with Crippen LogP contribution in [0.15, 0.2) is 54.6 Å². The van der Waals surface area contributed by atoms with E-state index in [1.54, 1.807) is 6.07 Å². The molecule has 1 heterocycles. The number of hydrogen-bond acceptors (Lipinski definition) is 2. The van der Waals surface area contributed by atoms with Crippen molar-refractivity contribution in [2.75, 3.05) is 5.88 Å². The molecular formula is C15H11ClO2. The van der Waals surface area contributed by atoms with Crippen LogP contribution in [0.2, 0.25) is 0 Å². The van der Waals surface area contributed by atoms with Crippen LogP contribution < -0.4 is 0 Å². The van der Waals surface area contributed by atoms with E-state index >= 15 is 0 Å². The zero-order chi connectivity index (χ0) is 12.6. The highest BCUT2D eigenvalue weighted by Gasteiger charge is 2.46. The molecule has 2 aromatic carbocycles. The predicted molar refractivity (Wildman–Crippen MR) is 69.8 cm³/mol. The van der Waals surface area contributed by atoms with Gasteiger partial charge in [0.25, 0.3) is 0 Å². The van der Waals surface area contributed by atoms with Crippen LogP contribution in [0.3, 0.4) is 0 Å². The fourth-order valence-corrected chi connectivity index (χ4v) is 2.73. The van der Waals surface area contributed by atoms with Gasteiger partial charge < -0.3 is 4.74 Å². The summed E-state index contributed by atoms with van der Waals surface area (Å²) in [7, 11) is 0. The van der Waals surface area contributed by atoms with Gasteiger partial charge in [-0.15, -0.1) is 11.6 Å². The number of cyclic esters (lactones) is 1. The molecule has 1 aliphatic heterocycles. The van der Waals surface area contributed by atoms with E-state index in [-0.39, 0.29) is 11.8 Å². The Morgan fingerprint density at radius 2 is 1.67 bits per heavy atom. The maximum Gasteiger partial charge on any atom is 0.339 e. The van der Waals surface area contributed by atoms with Gasteiger partial charge in [-0.1, -0.05) is 48.5 Å². The Hall–Kier alpha value is -1.80. The van der Waals surface area contributed by atoms with Crippen LogP contribution in [0, 0.1) is 0 Å². The zero-order valence-electron chi connectivity index (χ0n) is 9.60. The van der Waals surface area contributed by atoms with Gasteiger partial charge in [-0.25, -0.2) is 4.79 Å². The van der Waals surface area contributed by atoms with Gasteiger partial charge in [0.15, 0.2) is 5.60 Å². The van der Waals surface area contributed by atoms with Crippen molar-refractivity contribution >= 4 is 17.6 Å². The van der Waals surface area contributed by atoms with Crippen LogP contribution in [-0.4, -0.2) is 11.8 Å². The van der Waals surface area contributed by atoms with E-state index < -0.39 is 5.60 Å². The molecule has 0 aliphatic carbocycles. The highest BCUT2D eigenvalue weighted by molar-refractivity contribution is 6.19. The van der Waals surface area contributed by atoms with Crippen molar-refractivity contribution in [1.82, 2.24) is 0 Å². The van der Waals surface area contributed by atoms with Gasteiger partial charge in [0.1, 0.15) is 0 Å². The lowest BCUT2D eigenvalue weighted by Crippen LogP contribution is -2.29. The predicted octanol–water partition coefficient (Wildman–Crippen LogP) is 3.34. The number of esters is 1. The molecule has 0 radical (unpaired) electrons. The summed E-state index contributed by atoms with van der Waals surface area (Å²) in [5.74, 6) is -0.102. The number of ether oxygens (including phenoxy) is 1. The van der Waals surface area contributed by atoms with Crippen LogP contribution >= 0.6 is 11.6 Å². The summed E-state index contributed by atoms with van der Waals surface area (Å²) in [6.07, 6.45) is 0. The van der Waals surface area contributed by atoms with E-state index in [4.69, 9.17) is 16.3 Å². The molecule has 0 spiro atoms. The minimum absolute atomic E-state index is 0.208. The minimum atomic E-state index is -0.851. The van der Waals surface area contributed by atoms with E-state index in [1.807, 2.05) is 48.5 Å². The van der Waals surface area contributed by atoms with E-state index in [9.17, 15) is 4.79 Å². The Balaban J connectivity index is 2.24. The molecule has 1 aliphatic rings. The molecule has 0 fully saturated rings. The van der Waals surface area contributed by atoms with Crippen molar-refractivity contribution in [1.29, 1.82) is 0 Å². The fourth-order valence-electron chi connectivity index (χ4n) is 2.38. The van der Waals surface area contributed by atoms with Crippen molar-refractivity contribution in [2.45, 2.75) is 5.60 Å². The van der Waals surface area contributed by atoms with Crippen LogP contribution in [0.4, 0.5) is 0 Å². The van der Waals surface area contributed by atoms with Crippen molar-refractivity contribution in [3.8, 4) is 0 Å². The van der Waals surface area contributed by atoms with E-state index in [1.165, 1.54) is 0 Å². The van der Waals surface area contributed by atoms with Crippen molar-refractivity contribution < 1.29 is 9.53 Å². The molecule has 1 atom stereocenters. The molecule has 90 valence electrons. The summed E-state index contributed by atoms with van der Waals surface area (Å²) < 4.78 is 5.58. The van der Waals surface area contributed by atoms with E-state index in [0.29, 0.717) is 5.56 Å². The third kappa shape index (κ3) is 1.46. The number of hydrogen-bond donors (Lipinski definition) is 0. The van der Waals surface area contributed by atoms with Crippen LogP contribution in [0.25, 0.3) is 0 Å². The zero-order valence-corrected chi connectivity index (χ0v) is 10.4. The van der Waals surface area contributed by atoms with Crippen LogP contribution in [0.1, 0.15) is 21.5 Å². The van der Waals surface area contributed by atoms with Gasteiger partial charge in [-0.05, 0) is 6.07 Å². The highest BCUT2D eigenvalue weighted by Crippen LogP contribution is 2.42. The number of carbonyl (C=O) groups is 1. The Kier molecular flexibility index (Phi) is 2.60. The normalized spacial score (nSPS) is 21.5. The summed E-state index contributed by atoms with van der Waals surface area (Å²) >= 11 is 6.11. The van der Waals surface area contributed by atoms with E-state index in [2.05, 4.69) is 0 Å². The lowest BCUT2D eigenvalue weighted by molar-refractivity contribution is 0.0192. The van der Waals surface area contributed by atoms with Crippen molar-refractivity contribution in [3.63, 3.8) is 0 Å². The summed E-state index contributed by atoms with van der Waals surface area (Å²) in [6.45, 7) is 0. The maximum absolute atomic E-state index is 11.9. The average molecular weight is 259 g/mol. The first kappa shape index (κ1) is 11.3. The summed E-state index contributed by atoms with van der Waals surface area (Å²) in [5.41, 5.74) is 1.49. The molecule has 0 aromatic heterocycles. The maximum atomic E-state index is 11.9. The Morgan fingerprint density at radius 3 is 2.39 bits per heavy atom. The molecule has 2 nitrogen and oxygen atoms in total. The Morgan fingerprint density at radius 1 is 1.00 bits per heavy atom. The van der Waals surface area contributed by atoms with Gasteiger partial charge in [-0.2, -0.15) is 0 Å². The van der Waals surface area contributed by atoms with E-state index in [0.717, 1.165) is 11.1 Å².